The smallest absolute Gasteiger partial charge is 0.227 e. The molecule has 0 saturated heterocycles. The molecule has 0 bridgehead atoms. The second kappa shape index (κ2) is 5.87. The van der Waals surface area contributed by atoms with Crippen LogP contribution in [0.15, 0.2) is 28.8 Å². The summed E-state index contributed by atoms with van der Waals surface area (Å²) in [6.07, 6.45) is 1.56. The molecule has 0 fully saturated rings. The van der Waals surface area contributed by atoms with Gasteiger partial charge in [0.25, 0.3) is 0 Å². The molecule has 96 valence electrons. The lowest BCUT2D eigenvalue weighted by Crippen LogP contribution is -1.93. The van der Waals surface area contributed by atoms with Crippen LogP contribution >= 0.6 is 11.6 Å². The zero-order valence-electron chi connectivity index (χ0n) is 10.4. The minimum absolute atomic E-state index is 0.219. The van der Waals surface area contributed by atoms with E-state index in [1.165, 1.54) is 5.56 Å². The number of benzene rings is 1. The predicted octanol–water partition coefficient (Wildman–Crippen LogP) is 3.16. The molecular formula is C13H15ClN2O2. The largest absolute Gasteiger partial charge is 0.497 e. The van der Waals surface area contributed by atoms with Crippen molar-refractivity contribution in [3.05, 3.63) is 41.5 Å². The lowest BCUT2D eigenvalue weighted by molar-refractivity contribution is 0.373. The highest BCUT2D eigenvalue weighted by molar-refractivity contribution is 6.20. The molecule has 1 aromatic carbocycles. The van der Waals surface area contributed by atoms with Crippen molar-refractivity contribution < 1.29 is 9.26 Å². The number of halogens is 1. The Balaban J connectivity index is 1.93. The van der Waals surface area contributed by atoms with E-state index in [4.69, 9.17) is 20.9 Å². The Morgan fingerprint density at radius 1 is 1.28 bits per heavy atom. The second-order valence-corrected chi connectivity index (χ2v) is 4.67. The number of hydrogen-bond donors (Lipinski definition) is 0. The van der Waals surface area contributed by atoms with Crippen LogP contribution < -0.4 is 4.74 Å². The van der Waals surface area contributed by atoms with Crippen LogP contribution in [0.4, 0.5) is 0 Å². The van der Waals surface area contributed by atoms with Gasteiger partial charge in [-0.15, -0.1) is 11.6 Å². The molecule has 0 aliphatic carbocycles. The average molecular weight is 267 g/mol. The summed E-state index contributed by atoms with van der Waals surface area (Å²) in [7, 11) is 1.66. The summed E-state index contributed by atoms with van der Waals surface area (Å²) in [5, 5.41) is 3.60. The van der Waals surface area contributed by atoms with Crippen LogP contribution in [0, 0.1) is 0 Å². The van der Waals surface area contributed by atoms with Crippen LogP contribution in [-0.2, 0) is 12.8 Å². The van der Waals surface area contributed by atoms with Gasteiger partial charge >= 0.3 is 0 Å². The van der Waals surface area contributed by atoms with E-state index < -0.39 is 0 Å². The van der Waals surface area contributed by atoms with Crippen molar-refractivity contribution in [3.63, 3.8) is 0 Å². The molecule has 0 saturated carbocycles. The third-order valence-corrected chi connectivity index (χ3v) is 2.82. The van der Waals surface area contributed by atoms with E-state index >= 15 is 0 Å². The number of ether oxygens (including phenoxy) is 1. The average Bonchev–Trinajstić information content (AvgIpc) is 2.86. The van der Waals surface area contributed by atoms with Crippen molar-refractivity contribution in [1.82, 2.24) is 10.1 Å². The maximum Gasteiger partial charge on any atom is 0.227 e. The highest BCUT2D eigenvalue weighted by atomic mass is 35.5. The van der Waals surface area contributed by atoms with Gasteiger partial charge in [0, 0.05) is 6.42 Å². The minimum Gasteiger partial charge on any atom is -0.497 e. The van der Waals surface area contributed by atoms with E-state index in [-0.39, 0.29) is 5.38 Å². The van der Waals surface area contributed by atoms with Crippen LogP contribution in [-0.4, -0.2) is 17.3 Å². The van der Waals surface area contributed by atoms with Gasteiger partial charge in [-0.3, -0.25) is 0 Å². The van der Waals surface area contributed by atoms with E-state index in [1.54, 1.807) is 7.11 Å². The van der Waals surface area contributed by atoms with Crippen LogP contribution in [0.5, 0.6) is 5.75 Å². The summed E-state index contributed by atoms with van der Waals surface area (Å²) < 4.78 is 10.2. The molecule has 0 aliphatic rings. The minimum atomic E-state index is -0.219. The van der Waals surface area contributed by atoms with E-state index in [9.17, 15) is 0 Å². The molecule has 2 rings (SSSR count). The van der Waals surface area contributed by atoms with Crippen LogP contribution in [0.25, 0.3) is 0 Å². The Kier molecular flexibility index (Phi) is 4.20. The SMILES string of the molecule is COc1ccc(CCc2nc(C(C)Cl)no2)cc1. The van der Waals surface area contributed by atoms with Gasteiger partial charge in [0.15, 0.2) is 5.82 Å². The van der Waals surface area contributed by atoms with Gasteiger partial charge in [0.1, 0.15) is 5.75 Å². The summed E-state index contributed by atoms with van der Waals surface area (Å²) in [6.45, 7) is 1.82. The lowest BCUT2D eigenvalue weighted by atomic mass is 10.1. The standard InChI is InChI=1S/C13H15ClN2O2/c1-9(14)13-15-12(18-16-13)8-5-10-3-6-11(17-2)7-4-10/h3-4,6-7,9H,5,8H2,1-2H3. The Bertz CT molecular complexity index is 494. The van der Waals surface area contributed by atoms with Crippen molar-refractivity contribution in [2.75, 3.05) is 7.11 Å². The van der Waals surface area contributed by atoms with Gasteiger partial charge in [-0.05, 0) is 31.0 Å². The van der Waals surface area contributed by atoms with E-state index in [0.29, 0.717) is 18.1 Å². The molecule has 5 heteroatoms. The zero-order chi connectivity index (χ0) is 13.0. The molecule has 0 spiro atoms. The fraction of sp³-hybridized carbons (Fsp3) is 0.385. The molecule has 0 radical (unpaired) electrons. The van der Waals surface area contributed by atoms with Gasteiger partial charge in [0.05, 0.1) is 12.5 Å². The van der Waals surface area contributed by atoms with Gasteiger partial charge in [-0.25, -0.2) is 0 Å². The Hall–Kier alpha value is -1.55. The first-order valence-electron chi connectivity index (χ1n) is 5.78. The van der Waals surface area contributed by atoms with Gasteiger partial charge in [0.2, 0.25) is 5.89 Å². The van der Waals surface area contributed by atoms with Crippen LogP contribution in [0.2, 0.25) is 0 Å². The summed E-state index contributed by atoms with van der Waals surface area (Å²) in [5.74, 6) is 2.02. The second-order valence-electron chi connectivity index (χ2n) is 4.01. The number of alkyl halides is 1. The van der Waals surface area contributed by atoms with Gasteiger partial charge in [-0.1, -0.05) is 17.3 Å². The number of aromatic nitrogens is 2. The maximum absolute atomic E-state index is 5.87. The van der Waals surface area contributed by atoms with Crippen LogP contribution in [0.3, 0.4) is 0 Å². The summed E-state index contributed by atoms with van der Waals surface area (Å²) in [6, 6.07) is 7.94. The molecule has 0 N–H and O–H groups in total. The number of rotatable bonds is 5. The van der Waals surface area contributed by atoms with Gasteiger partial charge in [-0.2, -0.15) is 4.98 Å². The number of hydrogen-bond acceptors (Lipinski definition) is 4. The third kappa shape index (κ3) is 3.23. The van der Waals surface area contributed by atoms with Crippen LogP contribution in [0.1, 0.15) is 29.6 Å². The first-order valence-corrected chi connectivity index (χ1v) is 6.22. The fourth-order valence-corrected chi connectivity index (χ4v) is 1.66. The Morgan fingerprint density at radius 3 is 2.56 bits per heavy atom. The van der Waals surface area contributed by atoms with Crippen molar-refractivity contribution >= 4 is 11.6 Å². The third-order valence-electron chi connectivity index (χ3n) is 2.63. The molecule has 1 aromatic heterocycles. The molecule has 1 atom stereocenters. The topological polar surface area (TPSA) is 48.2 Å². The molecular weight excluding hydrogens is 252 g/mol. The Morgan fingerprint density at radius 2 is 2.00 bits per heavy atom. The predicted molar refractivity (Wildman–Crippen MR) is 69.0 cm³/mol. The molecule has 1 heterocycles. The maximum atomic E-state index is 5.87. The molecule has 18 heavy (non-hydrogen) atoms. The molecule has 0 amide bonds. The normalized spacial score (nSPS) is 12.4. The molecule has 0 aliphatic heterocycles. The first kappa shape index (κ1) is 12.9. The van der Waals surface area contributed by atoms with Gasteiger partial charge < -0.3 is 9.26 Å². The zero-order valence-corrected chi connectivity index (χ0v) is 11.1. The lowest BCUT2D eigenvalue weighted by Gasteiger charge is -2.01. The summed E-state index contributed by atoms with van der Waals surface area (Å²) >= 11 is 5.87. The highest BCUT2D eigenvalue weighted by Gasteiger charge is 2.10. The van der Waals surface area contributed by atoms with E-state index in [2.05, 4.69) is 10.1 Å². The number of nitrogens with zero attached hydrogens (tertiary/aromatic N) is 2. The van der Waals surface area contributed by atoms with E-state index in [0.717, 1.165) is 12.2 Å². The summed E-state index contributed by atoms with van der Waals surface area (Å²) in [5.41, 5.74) is 1.20. The molecule has 2 aromatic rings. The first-order chi connectivity index (χ1) is 8.69. The number of methoxy groups -OCH3 is 1. The highest BCUT2D eigenvalue weighted by Crippen LogP contribution is 2.17. The van der Waals surface area contributed by atoms with E-state index in [1.807, 2.05) is 31.2 Å². The number of aryl methyl sites for hydroxylation is 2. The summed E-state index contributed by atoms with van der Waals surface area (Å²) in [4.78, 5) is 4.22. The van der Waals surface area contributed by atoms with Crippen molar-refractivity contribution in [1.29, 1.82) is 0 Å². The molecule has 4 nitrogen and oxygen atoms in total. The molecule has 1 unspecified atom stereocenters. The monoisotopic (exact) mass is 266 g/mol. The van der Waals surface area contributed by atoms with Crippen molar-refractivity contribution in [2.24, 2.45) is 0 Å². The quantitative estimate of drug-likeness (QED) is 0.780. The fourth-order valence-electron chi connectivity index (χ4n) is 1.57. The Labute approximate surface area is 111 Å². The van der Waals surface area contributed by atoms with Crippen molar-refractivity contribution in [3.8, 4) is 5.75 Å². The van der Waals surface area contributed by atoms with Crippen molar-refractivity contribution in [2.45, 2.75) is 25.1 Å².